The van der Waals surface area contributed by atoms with Crippen LogP contribution in [0.1, 0.15) is 12.8 Å². The van der Waals surface area contributed by atoms with E-state index in [9.17, 15) is 10.1 Å². The van der Waals surface area contributed by atoms with Crippen LogP contribution < -0.4 is 5.32 Å². The van der Waals surface area contributed by atoms with Crippen LogP contribution in [-0.4, -0.2) is 36.0 Å². The summed E-state index contributed by atoms with van der Waals surface area (Å²) in [5.74, 6) is 0. The first-order valence-corrected chi connectivity index (χ1v) is 7.04. The van der Waals surface area contributed by atoms with Gasteiger partial charge in [-0.3, -0.25) is 10.1 Å². The molecular weight excluding hydrogens is 345 g/mol. The van der Waals surface area contributed by atoms with Crippen LogP contribution in [0.3, 0.4) is 0 Å². The van der Waals surface area contributed by atoms with Crippen molar-refractivity contribution in [1.29, 1.82) is 0 Å². The fourth-order valence-corrected chi connectivity index (χ4v) is 2.55. The number of hydrogen-bond acceptors (Lipinski definition) is 4. The normalized spacial score (nSPS) is 14.8. The van der Waals surface area contributed by atoms with E-state index in [4.69, 9.17) is 0 Å². The lowest BCUT2D eigenvalue weighted by atomic mass is 10.3. The molecule has 1 aliphatic rings. The Hall–Kier alpha value is -0.890. The van der Waals surface area contributed by atoms with Gasteiger partial charge >= 0.3 is 0 Å². The van der Waals surface area contributed by atoms with Gasteiger partial charge in [0.25, 0.3) is 5.69 Å². The van der Waals surface area contributed by atoms with E-state index in [2.05, 4.69) is 17.3 Å². The van der Waals surface area contributed by atoms with Gasteiger partial charge in [-0.25, -0.2) is 0 Å². The predicted molar refractivity (Wildman–Crippen MR) is 80.0 cm³/mol. The van der Waals surface area contributed by atoms with Crippen molar-refractivity contribution in [1.82, 2.24) is 4.90 Å². The zero-order valence-electron chi connectivity index (χ0n) is 10.2. The summed E-state index contributed by atoms with van der Waals surface area (Å²) < 4.78 is 0.665. The third-order valence-electron chi connectivity index (χ3n) is 3.11. The Morgan fingerprint density at radius 3 is 2.83 bits per heavy atom. The maximum Gasteiger partial charge on any atom is 0.282 e. The second-order valence-electron chi connectivity index (χ2n) is 4.56. The minimum atomic E-state index is -0.355. The number of benzene rings is 1. The van der Waals surface area contributed by atoms with Crippen LogP contribution >= 0.6 is 22.6 Å². The molecule has 6 heteroatoms. The summed E-state index contributed by atoms with van der Waals surface area (Å²) in [5.41, 5.74) is 1.10. The monoisotopic (exact) mass is 361 g/mol. The Bertz CT molecular complexity index is 449. The first-order chi connectivity index (χ1) is 8.58. The molecule has 0 aliphatic heterocycles. The molecule has 98 valence electrons. The molecule has 5 nitrogen and oxygen atoms in total. The number of nitrogens with zero attached hydrogens (tertiary/aromatic N) is 2. The molecule has 0 unspecified atom stereocenters. The van der Waals surface area contributed by atoms with Crippen molar-refractivity contribution in [3.63, 3.8) is 0 Å². The van der Waals surface area contributed by atoms with Crippen molar-refractivity contribution in [3.05, 3.63) is 31.9 Å². The number of anilines is 1. The van der Waals surface area contributed by atoms with E-state index in [1.54, 1.807) is 12.1 Å². The summed E-state index contributed by atoms with van der Waals surface area (Å²) in [5, 5.41) is 14.0. The van der Waals surface area contributed by atoms with E-state index >= 15 is 0 Å². The van der Waals surface area contributed by atoms with Gasteiger partial charge in [0, 0.05) is 30.9 Å². The topological polar surface area (TPSA) is 58.4 Å². The molecular formula is C12H16IN3O2. The molecule has 1 aromatic rings. The summed E-state index contributed by atoms with van der Waals surface area (Å²) in [6.07, 6.45) is 2.62. The van der Waals surface area contributed by atoms with E-state index in [1.807, 2.05) is 28.7 Å². The summed E-state index contributed by atoms with van der Waals surface area (Å²) in [4.78, 5) is 12.7. The predicted octanol–water partition coefficient (Wildman–Crippen LogP) is 2.71. The van der Waals surface area contributed by atoms with Crippen LogP contribution in [0.5, 0.6) is 0 Å². The molecule has 1 aliphatic carbocycles. The molecule has 0 bridgehead atoms. The average Bonchev–Trinajstić information content (AvgIpc) is 3.12. The van der Waals surface area contributed by atoms with E-state index in [1.165, 1.54) is 12.8 Å². The van der Waals surface area contributed by atoms with Gasteiger partial charge in [0.15, 0.2) is 0 Å². The number of rotatable bonds is 6. The van der Waals surface area contributed by atoms with Crippen molar-refractivity contribution in [2.75, 3.05) is 25.5 Å². The quantitative estimate of drug-likeness (QED) is 0.481. The summed E-state index contributed by atoms with van der Waals surface area (Å²) >= 11 is 1.99. The Morgan fingerprint density at radius 1 is 1.56 bits per heavy atom. The van der Waals surface area contributed by atoms with E-state index in [0.717, 1.165) is 24.8 Å². The van der Waals surface area contributed by atoms with Gasteiger partial charge in [0.05, 0.1) is 8.49 Å². The lowest BCUT2D eigenvalue weighted by Gasteiger charge is -2.16. The third kappa shape index (κ3) is 3.55. The first kappa shape index (κ1) is 13.5. The maximum absolute atomic E-state index is 10.7. The molecule has 0 saturated heterocycles. The number of nitro groups is 1. The molecule has 18 heavy (non-hydrogen) atoms. The van der Waals surface area contributed by atoms with Crippen molar-refractivity contribution >= 4 is 34.0 Å². The van der Waals surface area contributed by atoms with Gasteiger partial charge < -0.3 is 10.2 Å². The summed E-state index contributed by atoms with van der Waals surface area (Å²) in [6.45, 7) is 1.86. The number of nitrogens with one attached hydrogen (secondary N) is 1. The lowest BCUT2D eigenvalue weighted by Crippen LogP contribution is -2.27. The van der Waals surface area contributed by atoms with Crippen LogP contribution in [-0.2, 0) is 0 Å². The van der Waals surface area contributed by atoms with Crippen LogP contribution in [0.15, 0.2) is 18.2 Å². The SMILES string of the molecule is CN(CCNc1ccc([N+](=O)[O-])c(I)c1)C1CC1. The zero-order valence-corrected chi connectivity index (χ0v) is 12.4. The minimum Gasteiger partial charge on any atom is -0.384 e. The molecule has 0 spiro atoms. The molecule has 1 saturated carbocycles. The van der Waals surface area contributed by atoms with E-state index in [-0.39, 0.29) is 10.6 Å². The fraction of sp³-hybridized carbons (Fsp3) is 0.500. The Morgan fingerprint density at radius 2 is 2.28 bits per heavy atom. The van der Waals surface area contributed by atoms with Crippen molar-refractivity contribution in [3.8, 4) is 0 Å². The second-order valence-corrected chi connectivity index (χ2v) is 5.72. The second kappa shape index (κ2) is 5.83. The number of halogens is 1. The number of nitro benzene ring substituents is 1. The third-order valence-corrected chi connectivity index (χ3v) is 3.97. The molecule has 0 heterocycles. The van der Waals surface area contributed by atoms with Crippen molar-refractivity contribution in [2.24, 2.45) is 0 Å². The van der Waals surface area contributed by atoms with E-state index in [0.29, 0.717) is 3.57 Å². The Balaban J connectivity index is 1.85. The Kier molecular flexibility index (Phi) is 4.39. The number of hydrogen-bond donors (Lipinski definition) is 1. The fourth-order valence-electron chi connectivity index (χ4n) is 1.84. The molecule has 0 atom stereocenters. The maximum atomic E-state index is 10.7. The van der Waals surface area contributed by atoms with Gasteiger partial charge in [-0.05, 0) is 54.6 Å². The van der Waals surface area contributed by atoms with Gasteiger partial charge in [-0.15, -0.1) is 0 Å². The van der Waals surface area contributed by atoms with Gasteiger partial charge in [0.1, 0.15) is 0 Å². The highest BCUT2D eigenvalue weighted by Crippen LogP contribution is 2.25. The molecule has 0 radical (unpaired) electrons. The molecule has 2 rings (SSSR count). The average molecular weight is 361 g/mol. The van der Waals surface area contributed by atoms with Gasteiger partial charge in [0.2, 0.25) is 0 Å². The smallest absolute Gasteiger partial charge is 0.282 e. The van der Waals surface area contributed by atoms with Crippen LogP contribution in [0.25, 0.3) is 0 Å². The van der Waals surface area contributed by atoms with E-state index < -0.39 is 0 Å². The summed E-state index contributed by atoms with van der Waals surface area (Å²) in [6, 6.07) is 5.89. The molecule has 1 N–H and O–H groups in total. The highest BCUT2D eigenvalue weighted by atomic mass is 127. The molecule has 0 aromatic heterocycles. The minimum absolute atomic E-state index is 0.163. The van der Waals surface area contributed by atoms with Gasteiger partial charge in [-0.2, -0.15) is 0 Å². The largest absolute Gasteiger partial charge is 0.384 e. The summed E-state index contributed by atoms with van der Waals surface area (Å²) in [7, 11) is 2.14. The van der Waals surface area contributed by atoms with Gasteiger partial charge in [-0.1, -0.05) is 0 Å². The number of likely N-dealkylation sites (N-methyl/N-ethyl adjacent to an activating group) is 1. The van der Waals surface area contributed by atoms with Crippen LogP contribution in [0.2, 0.25) is 0 Å². The Labute approximate surface area is 120 Å². The zero-order chi connectivity index (χ0) is 13.1. The molecule has 0 amide bonds. The molecule has 1 fully saturated rings. The first-order valence-electron chi connectivity index (χ1n) is 5.96. The lowest BCUT2D eigenvalue weighted by molar-refractivity contribution is -0.385. The highest BCUT2D eigenvalue weighted by Gasteiger charge is 2.25. The van der Waals surface area contributed by atoms with Crippen molar-refractivity contribution in [2.45, 2.75) is 18.9 Å². The standard InChI is InChI=1S/C12H16IN3O2/c1-15(10-3-4-10)7-6-14-9-2-5-12(16(17)18)11(13)8-9/h2,5,8,10,14H,3-4,6-7H2,1H3. The van der Waals surface area contributed by atoms with Crippen LogP contribution in [0, 0.1) is 13.7 Å². The highest BCUT2D eigenvalue weighted by molar-refractivity contribution is 14.1. The van der Waals surface area contributed by atoms with Crippen molar-refractivity contribution < 1.29 is 4.92 Å². The molecule has 1 aromatic carbocycles. The van der Waals surface area contributed by atoms with Crippen LogP contribution in [0.4, 0.5) is 11.4 Å².